The van der Waals surface area contributed by atoms with Crippen LogP contribution in [-0.2, 0) is 16.0 Å². The van der Waals surface area contributed by atoms with Gasteiger partial charge in [0.05, 0.1) is 13.0 Å². The summed E-state index contributed by atoms with van der Waals surface area (Å²) >= 11 is 0. The Kier molecular flexibility index (Phi) is 7.17. The summed E-state index contributed by atoms with van der Waals surface area (Å²) in [4.78, 5) is 23.1. The van der Waals surface area contributed by atoms with Crippen molar-refractivity contribution < 1.29 is 33.0 Å². The van der Waals surface area contributed by atoms with Crippen molar-refractivity contribution in [1.82, 2.24) is 5.32 Å². The summed E-state index contributed by atoms with van der Waals surface area (Å²) < 4.78 is 34.3. The van der Waals surface area contributed by atoms with E-state index >= 15 is 0 Å². The highest BCUT2D eigenvalue weighted by atomic mass is 19.3. The zero-order valence-corrected chi connectivity index (χ0v) is 14.5. The van der Waals surface area contributed by atoms with Crippen molar-refractivity contribution in [2.45, 2.75) is 38.7 Å². The SMILES string of the molecule is COc1ccc(CCNC(=O)C2CCC(C(=O)O)CC2)cc1OC(F)F. The number of halogens is 2. The number of aliphatic carboxylic acids is 1. The minimum atomic E-state index is -2.94. The lowest BCUT2D eigenvalue weighted by Gasteiger charge is -2.25. The summed E-state index contributed by atoms with van der Waals surface area (Å²) in [6, 6.07) is 4.73. The maximum absolute atomic E-state index is 12.4. The molecule has 1 aliphatic carbocycles. The molecule has 0 saturated heterocycles. The van der Waals surface area contributed by atoms with Crippen LogP contribution < -0.4 is 14.8 Å². The number of methoxy groups -OCH3 is 1. The second-order valence-corrected chi connectivity index (χ2v) is 6.29. The van der Waals surface area contributed by atoms with Crippen LogP contribution in [0.1, 0.15) is 31.2 Å². The van der Waals surface area contributed by atoms with Gasteiger partial charge in [-0.2, -0.15) is 8.78 Å². The first-order valence-corrected chi connectivity index (χ1v) is 8.53. The Morgan fingerprint density at radius 1 is 1.19 bits per heavy atom. The Morgan fingerprint density at radius 3 is 2.42 bits per heavy atom. The smallest absolute Gasteiger partial charge is 0.387 e. The van der Waals surface area contributed by atoms with Gasteiger partial charge in [0.25, 0.3) is 0 Å². The molecule has 8 heteroatoms. The number of nitrogens with one attached hydrogen (secondary N) is 1. The minimum absolute atomic E-state index is 0.0432. The van der Waals surface area contributed by atoms with Crippen LogP contribution in [0.5, 0.6) is 11.5 Å². The van der Waals surface area contributed by atoms with Crippen LogP contribution in [0.15, 0.2) is 18.2 Å². The van der Waals surface area contributed by atoms with Gasteiger partial charge >= 0.3 is 12.6 Å². The molecule has 1 saturated carbocycles. The number of amides is 1. The molecule has 6 nitrogen and oxygen atoms in total. The fourth-order valence-corrected chi connectivity index (χ4v) is 3.14. The summed E-state index contributed by atoms with van der Waals surface area (Å²) in [6.45, 7) is -2.59. The van der Waals surface area contributed by atoms with E-state index in [1.807, 2.05) is 0 Å². The molecule has 0 atom stereocenters. The molecule has 26 heavy (non-hydrogen) atoms. The Morgan fingerprint density at radius 2 is 1.85 bits per heavy atom. The van der Waals surface area contributed by atoms with Gasteiger partial charge in [-0.15, -0.1) is 0 Å². The maximum Gasteiger partial charge on any atom is 0.387 e. The number of carbonyl (C=O) groups is 2. The van der Waals surface area contributed by atoms with E-state index in [-0.39, 0.29) is 29.2 Å². The molecule has 0 heterocycles. The van der Waals surface area contributed by atoms with E-state index < -0.39 is 12.6 Å². The average molecular weight is 371 g/mol. The topological polar surface area (TPSA) is 84.9 Å². The molecule has 1 aliphatic rings. The van der Waals surface area contributed by atoms with Gasteiger partial charge < -0.3 is 19.9 Å². The second kappa shape index (κ2) is 9.35. The molecule has 0 radical (unpaired) electrons. The quantitative estimate of drug-likeness (QED) is 0.734. The van der Waals surface area contributed by atoms with E-state index in [1.54, 1.807) is 12.1 Å². The van der Waals surface area contributed by atoms with Crippen molar-refractivity contribution in [3.63, 3.8) is 0 Å². The van der Waals surface area contributed by atoms with Crippen molar-refractivity contribution >= 4 is 11.9 Å². The van der Waals surface area contributed by atoms with Crippen LogP contribution >= 0.6 is 0 Å². The van der Waals surface area contributed by atoms with E-state index in [4.69, 9.17) is 9.84 Å². The van der Waals surface area contributed by atoms with Gasteiger partial charge in [0.1, 0.15) is 0 Å². The van der Waals surface area contributed by atoms with Crippen LogP contribution in [0.2, 0.25) is 0 Å². The fraction of sp³-hybridized carbons (Fsp3) is 0.556. The third-order valence-corrected chi connectivity index (χ3v) is 4.60. The number of alkyl halides is 2. The zero-order valence-electron chi connectivity index (χ0n) is 14.5. The largest absolute Gasteiger partial charge is 0.493 e. The predicted octanol–water partition coefficient (Wildman–Crippen LogP) is 2.85. The molecule has 0 aliphatic heterocycles. The van der Waals surface area contributed by atoms with Crippen molar-refractivity contribution in [2.75, 3.05) is 13.7 Å². The van der Waals surface area contributed by atoms with Crippen molar-refractivity contribution in [2.24, 2.45) is 11.8 Å². The third-order valence-electron chi connectivity index (χ3n) is 4.60. The zero-order chi connectivity index (χ0) is 19.1. The summed E-state index contributed by atoms with van der Waals surface area (Å²) in [7, 11) is 1.37. The van der Waals surface area contributed by atoms with E-state index in [0.29, 0.717) is 38.6 Å². The highest BCUT2D eigenvalue weighted by Crippen LogP contribution is 2.30. The highest BCUT2D eigenvalue weighted by molar-refractivity contribution is 5.79. The van der Waals surface area contributed by atoms with Gasteiger partial charge in [0.15, 0.2) is 11.5 Å². The molecule has 1 amide bonds. The number of carboxylic acids is 1. The van der Waals surface area contributed by atoms with Gasteiger partial charge in [-0.25, -0.2) is 0 Å². The monoisotopic (exact) mass is 371 g/mol. The van der Waals surface area contributed by atoms with Crippen LogP contribution in [0, 0.1) is 11.8 Å². The number of rotatable bonds is 8. The average Bonchev–Trinajstić information content (AvgIpc) is 2.61. The fourth-order valence-electron chi connectivity index (χ4n) is 3.14. The summed E-state index contributed by atoms with van der Waals surface area (Å²) in [6.07, 6.45) is 2.62. The van der Waals surface area contributed by atoms with Crippen molar-refractivity contribution in [3.05, 3.63) is 23.8 Å². The Hall–Kier alpha value is -2.38. The number of ether oxygens (including phenoxy) is 2. The van der Waals surface area contributed by atoms with Gasteiger partial charge in [0, 0.05) is 12.5 Å². The maximum atomic E-state index is 12.4. The first kappa shape index (κ1) is 19.9. The van der Waals surface area contributed by atoms with Crippen LogP contribution in [0.25, 0.3) is 0 Å². The second-order valence-electron chi connectivity index (χ2n) is 6.29. The molecule has 0 aromatic heterocycles. The van der Waals surface area contributed by atoms with E-state index in [9.17, 15) is 18.4 Å². The van der Waals surface area contributed by atoms with E-state index in [0.717, 1.165) is 5.56 Å². The van der Waals surface area contributed by atoms with Gasteiger partial charge in [0.2, 0.25) is 5.91 Å². The summed E-state index contributed by atoms with van der Waals surface area (Å²) in [5, 5.41) is 11.8. The molecular formula is C18H23F2NO5. The molecule has 0 spiro atoms. The summed E-state index contributed by atoms with van der Waals surface area (Å²) in [5.41, 5.74) is 0.733. The molecular weight excluding hydrogens is 348 g/mol. The number of benzene rings is 1. The van der Waals surface area contributed by atoms with Crippen LogP contribution in [-0.4, -0.2) is 37.2 Å². The minimum Gasteiger partial charge on any atom is -0.493 e. The molecule has 2 N–H and O–H groups in total. The van der Waals surface area contributed by atoms with E-state index in [1.165, 1.54) is 13.2 Å². The lowest BCUT2D eigenvalue weighted by molar-refractivity contribution is -0.144. The first-order valence-electron chi connectivity index (χ1n) is 8.53. The molecule has 2 rings (SSSR count). The molecule has 1 aromatic rings. The predicted molar refractivity (Wildman–Crippen MR) is 89.4 cm³/mol. The summed E-state index contributed by atoms with van der Waals surface area (Å²) in [5.74, 6) is -1.24. The molecule has 1 aromatic carbocycles. The molecule has 1 fully saturated rings. The molecule has 0 bridgehead atoms. The highest BCUT2D eigenvalue weighted by Gasteiger charge is 2.29. The Bertz CT molecular complexity index is 630. The van der Waals surface area contributed by atoms with Crippen molar-refractivity contribution in [1.29, 1.82) is 0 Å². The van der Waals surface area contributed by atoms with Gasteiger partial charge in [-0.05, 0) is 49.8 Å². The van der Waals surface area contributed by atoms with E-state index in [2.05, 4.69) is 10.1 Å². The molecule has 0 unspecified atom stereocenters. The Balaban J connectivity index is 1.82. The standard InChI is InChI=1S/C18H23F2NO5/c1-25-14-7-2-11(10-15(14)26-18(19)20)8-9-21-16(22)12-3-5-13(6-4-12)17(23)24/h2,7,10,12-13,18H,3-6,8-9H2,1H3,(H,21,22)(H,23,24). The molecule has 144 valence electrons. The lowest BCUT2D eigenvalue weighted by atomic mass is 9.81. The Labute approximate surface area is 150 Å². The number of hydrogen-bond donors (Lipinski definition) is 2. The van der Waals surface area contributed by atoms with Gasteiger partial charge in [-0.3, -0.25) is 9.59 Å². The number of carboxylic acid groups (broad SMARTS) is 1. The van der Waals surface area contributed by atoms with Crippen molar-refractivity contribution in [3.8, 4) is 11.5 Å². The lowest BCUT2D eigenvalue weighted by Crippen LogP contribution is -2.35. The number of hydrogen-bond acceptors (Lipinski definition) is 4. The first-order chi connectivity index (χ1) is 12.4. The number of carbonyl (C=O) groups excluding carboxylic acids is 1. The van der Waals surface area contributed by atoms with Crippen LogP contribution in [0.3, 0.4) is 0 Å². The third kappa shape index (κ3) is 5.57. The van der Waals surface area contributed by atoms with Crippen LogP contribution in [0.4, 0.5) is 8.78 Å². The normalized spacial score (nSPS) is 19.8. The van der Waals surface area contributed by atoms with Gasteiger partial charge in [-0.1, -0.05) is 6.07 Å².